The average Bonchev–Trinajstić information content (AvgIpc) is 3.21. The van der Waals surface area contributed by atoms with Crippen molar-refractivity contribution < 1.29 is 4.39 Å². The van der Waals surface area contributed by atoms with E-state index >= 15 is 0 Å². The molecule has 1 N–H and O–H groups in total. The van der Waals surface area contributed by atoms with Crippen LogP contribution >= 0.6 is 0 Å². The average molecular weight is 494 g/mol. The van der Waals surface area contributed by atoms with Crippen LogP contribution in [-0.4, -0.2) is 69.4 Å². The van der Waals surface area contributed by atoms with Crippen molar-refractivity contribution in [3.63, 3.8) is 0 Å². The van der Waals surface area contributed by atoms with Crippen molar-refractivity contribution in [1.29, 1.82) is 0 Å². The van der Waals surface area contributed by atoms with Crippen molar-refractivity contribution in [2.45, 2.75) is 51.6 Å². The Morgan fingerprint density at radius 3 is 2.50 bits per heavy atom. The van der Waals surface area contributed by atoms with Gasteiger partial charge in [0.2, 0.25) is 5.95 Å². The molecular weight excluding hydrogens is 457 g/mol. The van der Waals surface area contributed by atoms with Gasteiger partial charge in [0.15, 0.2) is 11.6 Å². The first-order valence-corrected chi connectivity index (χ1v) is 12.8. The fourth-order valence-electron chi connectivity index (χ4n) is 5.47. The highest BCUT2D eigenvalue weighted by atomic mass is 19.1. The van der Waals surface area contributed by atoms with Gasteiger partial charge in [-0.3, -0.25) is 4.68 Å². The van der Waals surface area contributed by atoms with Crippen molar-refractivity contribution >= 4 is 23.3 Å². The summed E-state index contributed by atoms with van der Waals surface area (Å²) in [6.45, 7) is 7.61. The topological polar surface area (TPSA) is 78.2 Å². The molecule has 192 valence electrons. The number of piperidine rings is 1. The second kappa shape index (κ2) is 10.0. The van der Waals surface area contributed by atoms with E-state index in [4.69, 9.17) is 0 Å². The van der Waals surface area contributed by atoms with E-state index in [1.807, 2.05) is 28.9 Å². The molecule has 1 fully saturated rings. The van der Waals surface area contributed by atoms with Crippen molar-refractivity contribution in [2.24, 2.45) is 7.05 Å². The standard InChI is InChI=1S/C26H36FN9/c1-17(2)24-20-16-36(13-10-22(20)32-34(24)5)25-21(27)15-29-26(31-25)30-23-7-6-19(14-28-23)35-11-8-18(9-12-35)33(3)4/h6-7,14-15,17-18H,8-13,16H2,1-5H3,(H,28,29,30,31). The first kappa shape index (κ1) is 24.4. The van der Waals surface area contributed by atoms with Gasteiger partial charge in [-0.25, -0.2) is 14.4 Å². The lowest BCUT2D eigenvalue weighted by Gasteiger charge is -2.36. The molecule has 9 nitrogen and oxygen atoms in total. The predicted octanol–water partition coefficient (Wildman–Crippen LogP) is 3.70. The third-order valence-corrected chi connectivity index (χ3v) is 7.36. The van der Waals surface area contributed by atoms with E-state index in [0.717, 1.165) is 43.7 Å². The monoisotopic (exact) mass is 493 g/mol. The van der Waals surface area contributed by atoms with Gasteiger partial charge in [0.1, 0.15) is 5.82 Å². The predicted molar refractivity (Wildman–Crippen MR) is 140 cm³/mol. The highest BCUT2D eigenvalue weighted by Gasteiger charge is 2.27. The fraction of sp³-hybridized carbons (Fsp3) is 0.538. The molecule has 0 amide bonds. The van der Waals surface area contributed by atoms with E-state index < -0.39 is 5.82 Å². The van der Waals surface area contributed by atoms with Gasteiger partial charge in [-0.15, -0.1) is 0 Å². The van der Waals surface area contributed by atoms with E-state index in [9.17, 15) is 4.39 Å². The minimum absolute atomic E-state index is 0.303. The molecule has 0 unspecified atom stereocenters. The molecule has 0 aromatic carbocycles. The Bertz CT molecular complexity index is 1200. The summed E-state index contributed by atoms with van der Waals surface area (Å²) in [6, 6.07) is 4.64. The molecule has 3 aromatic heterocycles. The summed E-state index contributed by atoms with van der Waals surface area (Å²) in [4.78, 5) is 19.9. The molecule has 0 bridgehead atoms. The molecule has 0 saturated carbocycles. The van der Waals surface area contributed by atoms with Gasteiger partial charge in [0.25, 0.3) is 0 Å². The first-order chi connectivity index (χ1) is 17.3. The zero-order valence-electron chi connectivity index (χ0n) is 21.9. The van der Waals surface area contributed by atoms with Gasteiger partial charge in [-0.2, -0.15) is 10.1 Å². The Labute approximate surface area is 212 Å². The minimum Gasteiger partial charge on any atom is -0.370 e. The summed E-state index contributed by atoms with van der Waals surface area (Å²) < 4.78 is 16.8. The SMILES string of the molecule is CC(C)c1c2c(nn1C)CCN(c1nc(Nc3ccc(N4CCC(N(C)C)CC4)cn3)ncc1F)C2. The summed E-state index contributed by atoms with van der Waals surface area (Å²) in [6.07, 6.45) is 6.17. The molecule has 1 saturated heterocycles. The van der Waals surface area contributed by atoms with E-state index in [-0.39, 0.29) is 0 Å². The molecule has 0 aliphatic carbocycles. The first-order valence-electron chi connectivity index (χ1n) is 12.8. The van der Waals surface area contributed by atoms with Crippen LogP contribution in [0, 0.1) is 5.82 Å². The largest absolute Gasteiger partial charge is 0.370 e. The number of halogens is 1. The maximum absolute atomic E-state index is 14.8. The fourth-order valence-corrected chi connectivity index (χ4v) is 5.47. The van der Waals surface area contributed by atoms with Gasteiger partial charge in [0.05, 0.1) is 23.8 Å². The Balaban J connectivity index is 1.28. The van der Waals surface area contributed by atoms with Crippen LogP contribution in [0.15, 0.2) is 24.5 Å². The maximum Gasteiger partial charge on any atom is 0.230 e. The van der Waals surface area contributed by atoms with E-state index in [0.29, 0.717) is 42.6 Å². The van der Waals surface area contributed by atoms with Crippen molar-refractivity contribution in [2.75, 3.05) is 48.8 Å². The lowest BCUT2D eigenvalue weighted by Crippen LogP contribution is -2.42. The normalized spacial score (nSPS) is 16.7. The third-order valence-electron chi connectivity index (χ3n) is 7.36. The van der Waals surface area contributed by atoms with Gasteiger partial charge >= 0.3 is 0 Å². The van der Waals surface area contributed by atoms with Gasteiger partial charge < -0.3 is 20.0 Å². The van der Waals surface area contributed by atoms with Crippen LogP contribution in [0.2, 0.25) is 0 Å². The Hall–Kier alpha value is -3.27. The summed E-state index contributed by atoms with van der Waals surface area (Å²) in [5, 5.41) is 7.83. The Morgan fingerprint density at radius 2 is 1.83 bits per heavy atom. The van der Waals surface area contributed by atoms with E-state index in [1.165, 1.54) is 17.5 Å². The molecular formula is C26H36FN9. The quantitative estimate of drug-likeness (QED) is 0.557. The number of nitrogens with one attached hydrogen (secondary N) is 1. The zero-order valence-corrected chi connectivity index (χ0v) is 21.9. The maximum atomic E-state index is 14.8. The molecule has 36 heavy (non-hydrogen) atoms. The number of aromatic nitrogens is 5. The van der Waals surface area contributed by atoms with Gasteiger partial charge in [-0.05, 0) is 45.0 Å². The van der Waals surface area contributed by atoms with Crippen LogP contribution in [0.3, 0.4) is 0 Å². The van der Waals surface area contributed by atoms with Crippen LogP contribution in [0.25, 0.3) is 0 Å². The van der Waals surface area contributed by atoms with Gasteiger partial charge in [0, 0.05) is 56.9 Å². The second-order valence-corrected chi connectivity index (χ2v) is 10.3. The number of aryl methyl sites for hydroxylation is 1. The lowest BCUT2D eigenvalue weighted by atomic mass is 9.99. The molecule has 3 aromatic rings. The molecule has 0 atom stereocenters. The zero-order chi connectivity index (χ0) is 25.4. The van der Waals surface area contributed by atoms with E-state index in [2.05, 4.69) is 69.2 Å². The summed E-state index contributed by atoms with van der Waals surface area (Å²) >= 11 is 0. The number of rotatable bonds is 6. The smallest absolute Gasteiger partial charge is 0.230 e. The summed E-state index contributed by atoms with van der Waals surface area (Å²) in [5.41, 5.74) is 4.58. The van der Waals surface area contributed by atoms with Crippen LogP contribution in [-0.2, 0) is 20.0 Å². The molecule has 2 aliphatic heterocycles. The number of nitrogens with zero attached hydrogens (tertiary/aromatic N) is 8. The number of anilines is 4. The Morgan fingerprint density at radius 1 is 1.06 bits per heavy atom. The number of hydrogen-bond acceptors (Lipinski definition) is 8. The van der Waals surface area contributed by atoms with Crippen molar-refractivity contribution in [3.05, 3.63) is 47.3 Å². The highest BCUT2D eigenvalue weighted by Crippen LogP contribution is 2.31. The number of hydrogen-bond donors (Lipinski definition) is 1. The van der Waals surface area contributed by atoms with Crippen molar-refractivity contribution in [3.8, 4) is 0 Å². The van der Waals surface area contributed by atoms with Gasteiger partial charge in [-0.1, -0.05) is 13.8 Å². The molecule has 0 radical (unpaired) electrons. The van der Waals surface area contributed by atoms with Crippen LogP contribution < -0.4 is 15.1 Å². The molecule has 2 aliphatic rings. The van der Waals surface area contributed by atoms with Crippen LogP contribution in [0.5, 0.6) is 0 Å². The van der Waals surface area contributed by atoms with Crippen LogP contribution in [0.1, 0.15) is 49.6 Å². The summed E-state index contributed by atoms with van der Waals surface area (Å²) in [5.74, 6) is 1.18. The van der Waals surface area contributed by atoms with Crippen molar-refractivity contribution in [1.82, 2.24) is 29.6 Å². The summed E-state index contributed by atoms with van der Waals surface area (Å²) in [7, 11) is 6.28. The third kappa shape index (κ3) is 4.86. The lowest BCUT2D eigenvalue weighted by molar-refractivity contribution is 0.249. The second-order valence-electron chi connectivity index (χ2n) is 10.3. The highest BCUT2D eigenvalue weighted by molar-refractivity contribution is 5.56. The van der Waals surface area contributed by atoms with Crippen LogP contribution in [0.4, 0.5) is 27.7 Å². The minimum atomic E-state index is -0.427. The molecule has 5 rings (SSSR count). The number of fused-ring (bicyclic) bond motifs is 1. The van der Waals surface area contributed by atoms with E-state index in [1.54, 1.807) is 0 Å². The Kier molecular flexibility index (Phi) is 6.79. The molecule has 5 heterocycles. The molecule has 0 spiro atoms. The number of pyridine rings is 1. The molecule has 10 heteroatoms.